The Labute approximate surface area is 98.4 Å². The summed E-state index contributed by atoms with van der Waals surface area (Å²) >= 11 is 0. The lowest BCUT2D eigenvalue weighted by atomic mass is 10.0. The van der Waals surface area contributed by atoms with Gasteiger partial charge in [-0.25, -0.2) is 0 Å². The Balaban J connectivity index is 3.78. The third-order valence-electron chi connectivity index (χ3n) is 1.98. The van der Waals surface area contributed by atoms with Crippen LogP contribution >= 0.6 is 0 Å². The van der Waals surface area contributed by atoms with Crippen molar-refractivity contribution in [3.63, 3.8) is 0 Å². The average molecular weight is 231 g/mol. The maximum atomic E-state index is 11.3. The lowest BCUT2D eigenvalue weighted by Gasteiger charge is -2.24. The molecule has 4 heteroatoms. The standard InChI is InChI=1S/C12H25NO3/c1-6-7-12(5,15)9-13-8-10(14)16-11(2,3)4/h13,15H,6-9H2,1-5H3. The fraction of sp³-hybridized carbons (Fsp3) is 0.917. The summed E-state index contributed by atoms with van der Waals surface area (Å²) in [6.07, 6.45) is 1.63. The summed E-state index contributed by atoms with van der Waals surface area (Å²) in [5.74, 6) is -0.292. The van der Waals surface area contributed by atoms with Crippen molar-refractivity contribution >= 4 is 5.97 Å². The average Bonchev–Trinajstić information content (AvgIpc) is 1.99. The van der Waals surface area contributed by atoms with E-state index >= 15 is 0 Å². The monoisotopic (exact) mass is 231 g/mol. The molecule has 0 radical (unpaired) electrons. The van der Waals surface area contributed by atoms with Crippen LogP contribution in [0.25, 0.3) is 0 Å². The van der Waals surface area contributed by atoms with Crippen LogP contribution in [0.15, 0.2) is 0 Å². The van der Waals surface area contributed by atoms with E-state index in [0.717, 1.165) is 6.42 Å². The van der Waals surface area contributed by atoms with E-state index in [0.29, 0.717) is 13.0 Å². The zero-order chi connectivity index (χ0) is 12.8. The van der Waals surface area contributed by atoms with Gasteiger partial charge in [-0.3, -0.25) is 4.79 Å². The van der Waals surface area contributed by atoms with Crippen molar-refractivity contribution < 1.29 is 14.6 Å². The van der Waals surface area contributed by atoms with E-state index < -0.39 is 11.2 Å². The van der Waals surface area contributed by atoms with Crippen molar-refractivity contribution in [1.29, 1.82) is 0 Å². The van der Waals surface area contributed by atoms with E-state index in [1.54, 1.807) is 6.92 Å². The van der Waals surface area contributed by atoms with Gasteiger partial charge in [-0.1, -0.05) is 13.3 Å². The summed E-state index contributed by atoms with van der Waals surface area (Å²) in [5.41, 5.74) is -1.21. The quantitative estimate of drug-likeness (QED) is 0.680. The van der Waals surface area contributed by atoms with Gasteiger partial charge in [0.15, 0.2) is 0 Å². The summed E-state index contributed by atoms with van der Waals surface area (Å²) in [6.45, 7) is 9.81. The summed E-state index contributed by atoms with van der Waals surface area (Å²) in [5, 5.41) is 12.8. The minimum atomic E-state index is -0.753. The van der Waals surface area contributed by atoms with Crippen LogP contribution in [-0.2, 0) is 9.53 Å². The first kappa shape index (κ1) is 15.4. The Morgan fingerprint density at radius 3 is 2.31 bits per heavy atom. The van der Waals surface area contributed by atoms with Gasteiger partial charge in [0.2, 0.25) is 0 Å². The van der Waals surface area contributed by atoms with Gasteiger partial charge in [-0.05, 0) is 34.1 Å². The van der Waals surface area contributed by atoms with Crippen molar-refractivity contribution in [3.05, 3.63) is 0 Å². The highest BCUT2D eigenvalue weighted by molar-refractivity contribution is 5.72. The van der Waals surface area contributed by atoms with Gasteiger partial charge in [0.05, 0.1) is 12.1 Å². The molecule has 0 rings (SSSR count). The molecule has 4 nitrogen and oxygen atoms in total. The van der Waals surface area contributed by atoms with Gasteiger partial charge >= 0.3 is 5.97 Å². The van der Waals surface area contributed by atoms with Crippen LogP contribution in [0, 0.1) is 0 Å². The number of hydrogen-bond acceptors (Lipinski definition) is 4. The zero-order valence-corrected chi connectivity index (χ0v) is 11.1. The molecule has 0 aliphatic carbocycles. The lowest BCUT2D eigenvalue weighted by Crippen LogP contribution is -2.41. The third-order valence-corrected chi connectivity index (χ3v) is 1.98. The van der Waals surface area contributed by atoms with Gasteiger partial charge < -0.3 is 15.2 Å². The molecule has 0 amide bonds. The number of aliphatic hydroxyl groups is 1. The molecule has 0 aromatic rings. The van der Waals surface area contributed by atoms with E-state index in [1.165, 1.54) is 0 Å². The Hall–Kier alpha value is -0.610. The Morgan fingerprint density at radius 2 is 1.88 bits per heavy atom. The van der Waals surface area contributed by atoms with E-state index in [1.807, 2.05) is 27.7 Å². The molecule has 0 bridgehead atoms. The fourth-order valence-electron chi connectivity index (χ4n) is 1.44. The topological polar surface area (TPSA) is 58.6 Å². The summed E-state index contributed by atoms with van der Waals surface area (Å²) < 4.78 is 5.13. The molecule has 1 atom stereocenters. The zero-order valence-electron chi connectivity index (χ0n) is 11.1. The van der Waals surface area contributed by atoms with Crippen LogP contribution in [0.1, 0.15) is 47.5 Å². The second-order valence-corrected chi connectivity index (χ2v) is 5.44. The predicted molar refractivity (Wildman–Crippen MR) is 64.2 cm³/mol. The van der Waals surface area contributed by atoms with E-state index in [2.05, 4.69) is 5.32 Å². The Kier molecular flexibility index (Phi) is 5.97. The molecule has 0 spiro atoms. The molecule has 0 fully saturated rings. The van der Waals surface area contributed by atoms with Gasteiger partial charge in [-0.15, -0.1) is 0 Å². The highest BCUT2D eigenvalue weighted by Gasteiger charge is 2.20. The first-order chi connectivity index (χ1) is 7.16. The van der Waals surface area contributed by atoms with Gasteiger partial charge in [0.1, 0.15) is 5.60 Å². The van der Waals surface area contributed by atoms with E-state index in [9.17, 15) is 9.90 Å². The van der Waals surface area contributed by atoms with Crippen LogP contribution in [0.3, 0.4) is 0 Å². The molecule has 0 aliphatic rings. The first-order valence-electron chi connectivity index (χ1n) is 5.81. The molecule has 0 aromatic heterocycles. The minimum Gasteiger partial charge on any atom is -0.459 e. The van der Waals surface area contributed by atoms with Crippen LogP contribution in [0.2, 0.25) is 0 Å². The molecular formula is C12H25NO3. The second-order valence-electron chi connectivity index (χ2n) is 5.44. The first-order valence-corrected chi connectivity index (χ1v) is 5.81. The van der Waals surface area contributed by atoms with Gasteiger partial charge in [0, 0.05) is 6.54 Å². The normalized spacial score (nSPS) is 15.6. The largest absolute Gasteiger partial charge is 0.459 e. The van der Waals surface area contributed by atoms with Crippen LogP contribution < -0.4 is 5.32 Å². The van der Waals surface area contributed by atoms with Crippen molar-refractivity contribution in [2.45, 2.75) is 58.7 Å². The fourth-order valence-corrected chi connectivity index (χ4v) is 1.44. The number of rotatable bonds is 6. The van der Waals surface area contributed by atoms with Crippen LogP contribution in [0.5, 0.6) is 0 Å². The number of carbonyl (C=O) groups excluding carboxylic acids is 1. The number of esters is 1. The van der Waals surface area contributed by atoms with Crippen molar-refractivity contribution in [3.8, 4) is 0 Å². The Morgan fingerprint density at radius 1 is 1.31 bits per heavy atom. The van der Waals surface area contributed by atoms with E-state index in [-0.39, 0.29) is 12.5 Å². The molecule has 2 N–H and O–H groups in total. The van der Waals surface area contributed by atoms with Crippen molar-refractivity contribution in [1.82, 2.24) is 5.32 Å². The lowest BCUT2D eigenvalue weighted by molar-refractivity contribution is -0.153. The van der Waals surface area contributed by atoms with Crippen molar-refractivity contribution in [2.24, 2.45) is 0 Å². The number of hydrogen-bond donors (Lipinski definition) is 2. The predicted octanol–water partition coefficient (Wildman–Crippen LogP) is 1.47. The molecule has 1 unspecified atom stereocenters. The third kappa shape index (κ3) is 8.68. The molecule has 16 heavy (non-hydrogen) atoms. The summed E-state index contributed by atoms with van der Waals surface area (Å²) in [7, 11) is 0. The summed E-state index contributed by atoms with van der Waals surface area (Å²) in [6, 6.07) is 0. The Bertz CT molecular complexity index is 219. The smallest absolute Gasteiger partial charge is 0.320 e. The highest BCUT2D eigenvalue weighted by Crippen LogP contribution is 2.10. The van der Waals surface area contributed by atoms with Crippen molar-refractivity contribution in [2.75, 3.05) is 13.1 Å². The second kappa shape index (κ2) is 6.21. The SMILES string of the molecule is CCCC(C)(O)CNCC(=O)OC(C)(C)C. The molecule has 0 saturated carbocycles. The molecule has 0 heterocycles. The van der Waals surface area contributed by atoms with Crippen LogP contribution in [-0.4, -0.2) is 35.4 Å². The molecule has 0 aromatic carbocycles. The minimum absolute atomic E-state index is 0.136. The number of carbonyl (C=O) groups is 1. The number of nitrogens with one attached hydrogen (secondary N) is 1. The molecule has 0 saturated heterocycles. The van der Waals surface area contributed by atoms with Gasteiger partial charge in [-0.2, -0.15) is 0 Å². The maximum Gasteiger partial charge on any atom is 0.320 e. The molecule has 0 aliphatic heterocycles. The highest BCUT2D eigenvalue weighted by atomic mass is 16.6. The molecule has 96 valence electrons. The van der Waals surface area contributed by atoms with Gasteiger partial charge in [0.25, 0.3) is 0 Å². The number of ether oxygens (including phenoxy) is 1. The summed E-state index contributed by atoms with van der Waals surface area (Å²) in [4.78, 5) is 11.3. The molecular weight excluding hydrogens is 206 g/mol. The van der Waals surface area contributed by atoms with Crippen LogP contribution in [0.4, 0.5) is 0 Å². The maximum absolute atomic E-state index is 11.3. The van der Waals surface area contributed by atoms with E-state index in [4.69, 9.17) is 4.74 Å².